The first-order valence-electron chi connectivity index (χ1n) is 7.78. The zero-order valence-electron chi connectivity index (χ0n) is 12.6. The molecule has 1 atom stereocenters. The molecule has 0 amide bonds. The first-order chi connectivity index (χ1) is 10.2. The van der Waals surface area contributed by atoms with Crippen molar-refractivity contribution >= 4 is 15.9 Å². The summed E-state index contributed by atoms with van der Waals surface area (Å²) in [7, 11) is 1.68. The Kier molecular flexibility index (Phi) is 4.75. The lowest BCUT2D eigenvalue weighted by atomic mass is 9.98. The summed E-state index contributed by atoms with van der Waals surface area (Å²) in [6, 6.07) is 5.93. The standard InChI is InChI=1S/C17H23BrO3/c1-19-14-4-5-16(13(10-14)11-18)20-12-15-6-9-17(21-15)7-2-3-8-17/h4-5,10,15H,2-3,6-9,11-12H2,1H3. The first-order valence-corrected chi connectivity index (χ1v) is 8.90. The number of hydrogen-bond donors (Lipinski definition) is 0. The molecule has 0 bridgehead atoms. The van der Waals surface area contributed by atoms with Gasteiger partial charge in [-0.05, 0) is 43.9 Å². The molecule has 4 heteroatoms. The fraction of sp³-hybridized carbons (Fsp3) is 0.647. The van der Waals surface area contributed by atoms with Gasteiger partial charge in [0.25, 0.3) is 0 Å². The predicted molar refractivity (Wildman–Crippen MR) is 86.4 cm³/mol. The molecule has 0 aromatic heterocycles. The van der Waals surface area contributed by atoms with Crippen LogP contribution in [0.15, 0.2) is 18.2 Å². The molecular formula is C17H23BrO3. The monoisotopic (exact) mass is 354 g/mol. The zero-order valence-corrected chi connectivity index (χ0v) is 14.2. The van der Waals surface area contributed by atoms with Gasteiger partial charge in [0.1, 0.15) is 18.1 Å². The van der Waals surface area contributed by atoms with Crippen LogP contribution in [0.25, 0.3) is 0 Å². The Labute approximate surface area is 135 Å². The van der Waals surface area contributed by atoms with Gasteiger partial charge in [-0.2, -0.15) is 0 Å². The number of rotatable bonds is 5. The number of halogens is 1. The Morgan fingerprint density at radius 3 is 2.81 bits per heavy atom. The molecule has 1 heterocycles. The van der Waals surface area contributed by atoms with Crippen LogP contribution in [0.1, 0.15) is 44.1 Å². The predicted octanol–water partition coefficient (Wildman–Crippen LogP) is 4.46. The van der Waals surface area contributed by atoms with Crippen LogP contribution < -0.4 is 9.47 Å². The molecule has 3 rings (SSSR count). The molecule has 0 N–H and O–H groups in total. The Balaban J connectivity index is 1.58. The van der Waals surface area contributed by atoms with Crippen LogP contribution in [0.3, 0.4) is 0 Å². The van der Waals surface area contributed by atoms with Crippen LogP contribution in [0.2, 0.25) is 0 Å². The van der Waals surface area contributed by atoms with Gasteiger partial charge in [-0.25, -0.2) is 0 Å². The summed E-state index contributed by atoms with van der Waals surface area (Å²) in [5.41, 5.74) is 1.30. The van der Waals surface area contributed by atoms with Crippen LogP contribution >= 0.6 is 15.9 Å². The Hall–Kier alpha value is -0.740. The summed E-state index contributed by atoms with van der Waals surface area (Å²) in [4.78, 5) is 0. The maximum Gasteiger partial charge on any atom is 0.123 e. The highest BCUT2D eigenvalue weighted by atomic mass is 79.9. The average Bonchev–Trinajstić information content (AvgIpc) is 3.15. The van der Waals surface area contributed by atoms with Crippen molar-refractivity contribution in [2.75, 3.05) is 13.7 Å². The van der Waals surface area contributed by atoms with Gasteiger partial charge >= 0.3 is 0 Å². The van der Waals surface area contributed by atoms with E-state index in [4.69, 9.17) is 14.2 Å². The quantitative estimate of drug-likeness (QED) is 0.730. The van der Waals surface area contributed by atoms with E-state index >= 15 is 0 Å². The van der Waals surface area contributed by atoms with E-state index in [-0.39, 0.29) is 11.7 Å². The summed E-state index contributed by atoms with van der Waals surface area (Å²) in [6.07, 6.45) is 7.68. The van der Waals surface area contributed by atoms with Crippen molar-refractivity contribution in [1.29, 1.82) is 0 Å². The van der Waals surface area contributed by atoms with Gasteiger partial charge in [-0.1, -0.05) is 28.8 Å². The van der Waals surface area contributed by atoms with E-state index in [9.17, 15) is 0 Å². The molecule has 2 fully saturated rings. The van der Waals surface area contributed by atoms with E-state index in [1.807, 2.05) is 18.2 Å². The SMILES string of the molecule is COc1ccc(OCC2CCC3(CCCC3)O2)c(CBr)c1. The number of benzene rings is 1. The van der Waals surface area contributed by atoms with Crippen LogP contribution in [0, 0.1) is 0 Å². The zero-order chi connectivity index (χ0) is 14.7. The average molecular weight is 355 g/mol. The van der Waals surface area contributed by atoms with Crippen molar-refractivity contribution in [2.24, 2.45) is 0 Å². The molecule has 1 unspecified atom stereocenters. The second-order valence-corrected chi connectivity index (χ2v) is 6.65. The van der Waals surface area contributed by atoms with Gasteiger partial charge in [0.2, 0.25) is 0 Å². The maximum atomic E-state index is 6.29. The molecule has 1 saturated carbocycles. The van der Waals surface area contributed by atoms with Gasteiger partial charge in [0.15, 0.2) is 0 Å². The van der Waals surface area contributed by atoms with E-state index in [1.54, 1.807) is 7.11 Å². The molecule has 116 valence electrons. The number of hydrogen-bond acceptors (Lipinski definition) is 3. The van der Waals surface area contributed by atoms with Gasteiger partial charge in [-0.15, -0.1) is 0 Å². The molecule has 1 aromatic rings. The van der Waals surface area contributed by atoms with Gasteiger partial charge < -0.3 is 14.2 Å². The molecule has 21 heavy (non-hydrogen) atoms. The van der Waals surface area contributed by atoms with Crippen LogP contribution in [-0.4, -0.2) is 25.4 Å². The third-order valence-electron chi connectivity index (χ3n) is 4.69. The van der Waals surface area contributed by atoms with E-state index < -0.39 is 0 Å². The van der Waals surface area contributed by atoms with Crippen LogP contribution in [0.5, 0.6) is 11.5 Å². The van der Waals surface area contributed by atoms with E-state index in [2.05, 4.69) is 15.9 Å². The second-order valence-electron chi connectivity index (χ2n) is 6.09. The minimum absolute atomic E-state index is 0.187. The summed E-state index contributed by atoms with van der Waals surface area (Å²) in [5, 5.41) is 0.759. The fourth-order valence-electron chi connectivity index (χ4n) is 3.51. The highest BCUT2D eigenvalue weighted by Crippen LogP contribution is 2.43. The maximum absolute atomic E-state index is 6.29. The molecule has 1 saturated heterocycles. The van der Waals surface area contributed by atoms with Crippen molar-refractivity contribution in [2.45, 2.75) is 55.6 Å². The first kappa shape index (κ1) is 15.2. The number of ether oxygens (including phenoxy) is 3. The summed E-state index contributed by atoms with van der Waals surface area (Å²) >= 11 is 3.51. The molecule has 3 nitrogen and oxygen atoms in total. The molecule has 2 aliphatic rings. The van der Waals surface area contributed by atoms with Crippen molar-refractivity contribution in [3.05, 3.63) is 23.8 Å². The second kappa shape index (κ2) is 6.57. The summed E-state index contributed by atoms with van der Waals surface area (Å²) in [6.45, 7) is 0.647. The normalized spacial score (nSPS) is 23.6. The lowest BCUT2D eigenvalue weighted by molar-refractivity contribution is -0.0509. The third kappa shape index (κ3) is 3.37. The number of alkyl halides is 1. The highest BCUT2D eigenvalue weighted by Gasteiger charge is 2.42. The topological polar surface area (TPSA) is 27.7 Å². The molecule has 0 radical (unpaired) electrons. The lowest BCUT2D eigenvalue weighted by Crippen LogP contribution is -2.27. The summed E-state index contributed by atoms with van der Waals surface area (Å²) in [5.74, 6) is 1.78. The van der Waals surface area contributed by atoms with Gasteiger partial charge in [0.05, 0.1) is 18.8 Å². The van der Waals surface area contributed by atoms with Crippen molar-refractivity contribution in [3.63, 3.8) is 0 Å². The van der Waals surface area contributed by atoms with E-state index in [1.165, 1.54) is 32.1 Å². The summed E-state index contributed by atoms with van der Waals surface area (Å²) < 4.78 is 17.5. The molecule has 1 spiro atoms. The van der Waals surface area contributed by atoms with E-state index in [0.717, 1.165) is 28.8 Å². The van der Waals surface area contributed by atoms with Crippen molar-refractivity contribution < 1.29 is 14.2 Å². The van der Waals surface area contributed by atoms with Crippen LogP contribution in [-0.2, 0) is 10.1 Å². The lowest BCUT2D eigenvalue weighted by Gasteiger charge is -2.24. The highest BCUT2D eigenvalue weighted by molar-refractivity contribution is 9.08. The minimum Gasteiger partial charge on any atom is -0.497 e. The number of methoxy groups -OCH3 is 1. The molecule has 1 aromatic carbocycles. The molecule has 1 aliphatic carbocycles. The van der Waals surface area contributed by atoms with Gasteiger partial charge in [-0.3, -0.25) is 0 Å². The minimum atomic E-state index is 0.187. The smallest absolute Gasteiger partial charge is 0.123 e. The largest absolute Gasteiger partial charge is 0.497 e. The van der Waals surface area contributed by atoms with Crippen molar-refractivity contribution in [3.8, 4) is 11.5 Å². The Morgan fingerprint density at radius 2 is 2.10 bits per heavy atom. The third-order valence-corrected chi connectivity index (χ3v) is 5.29. The van der Waals surface area contributed by atoms with E-state index in [0.29, 0.717) is 6.61 Å². The Morgan fingerprint density at radius 1 is 1.29 bits per heavy atom. The van der Waals surface area contributed by atoms with Gasteiger partial charge in [0, 0.05) is 10.9 Å². The molecular weight excluding hydrogens is 332 g/mol. The fourth-order valence-corrected chi connectivity index (χ4v) is 3.95. The van der Waals surface area contributed by atoms with Crippen molar-refractivity contribution in [1.82, 2.24) is 0 Å². The van der Waals surface area contributed by atoms with Crippen LogP contribution in [0.4, 0.5) is 0 Å². The Bertz CT molecular complexity index is 483. The molecule has 1 aliphatic heterocycles.